The maximum absolute atomic E-state index is 11.2. The van der Waals surface area contributed by atoms with Crippen LogP contribution in [0.15, 0.2) is 16.1 Å². The summed E-state index contributed by atoms with van der Waals surface area (Å²) in [7, 11) is 3.23. The molecule has 0 aromatic heterocycles. The summed E-state index contributed by atoms with van der Waals surface area (Å²) in [4.78, 5) is 27.4. The summed E-state index contributed by atoms with van der Waals surface area (Å²) >= 11 is 5.92. The molecule has 0 fully saturated rings. The van der Waals surface area contributed by atoms with Crippen LogP contribution in [0, 0.1) is 5.92 Å². The highest BCUT2D eigenvalue weighted by Gasteiger charge is 2.11. The van der Waals surface area contributed by atoms with Crippen molar-refractivity contribution in [1.29, 1.82) is 0 Å². The van der Waals surface area contributed by atoms with E-state index in [9.17, 15) is 9.59 Å². The largest absolute Gasteiger partial charge is 0.343 e. The van der Waals surface area contributed by atoms with Gasteiger partial charge in [-0.3, -0.25) is 4.79 Å². The van der Waals surface area contributed by atoms with Crippen LogP contribution in [0.3, 0.4) is 0 Å². The zero-order chi connectivity index (χ0) is 12.9. The van der Waals surface area contributed by atoms with Gasteiger partial charge in [-0.15, -0.1) is 0 Å². The maximum Gasteiger partial charge on any atom is 0.343 e. The number of nitrogens with zero attached hydrogens (tertiary/aromatic N) is 2. The third kappa shape index (κ3) is 5.07. The highest BCUT2D eigenvalue weighted by atomic mass is 35.5. The Morgan fingerprint density at radius 3 is 2.19 bits per heavy atom. The smallest absolute Gasteiger partial charge is 0.329 e. The second kappa shape index (κ2) is 6.43. The van der Waals surface area contributed by atoms with Crippen LogP contribution in [0.2, 0.25) is 0 Å². The molecule has 0 aliphatic rings. The van der Waals surface area contributed by atoms with Crippen LogP contribution in [0.5, 0.6) is 0 Å². The van der Waals surface area contributed by atoms with Gasteiger partial charge in [0.15, 0.2) is 0 Å². The predicted molar refractivity (Wildman–Crippen MR) is 66.0 cm³/mol. The third-order valence-electron chi connectivity index (χ3n) is 2.02. The van der Waals surface area contributed by atoms with Crippen LogP contribution in [0.25, 0.3) is 0 Å². The lowest BCUT2D eigenvalue weighted by molar-refractivity contribution is -0.119. The van der Waals surface area contributed by atoms with Crippen LogP contribution < -0.4 is 0 Å². The number of ketones is 1. The number of allylic oxidation sites excluding steroid dienone is 2. The molecular formula is C11H17ClN2O2. The molecule has 4 nitrogen and oxygen atoms in total. The minimum Gasteiger partial charge on any atom is -0.329 e. The number of hydrogen-bond acceptors (Lipinski definition) is 2. The van der Waals surface area contributed by atoms with E-state index in [0.717, 1.165) is 0 Å². The Balaban J connectivity index is 4.77. The molecule has 0 N–H and O–H groups in total. The molecule has 1 unspecified atom stereocenters. The molecular weight excluding hydrogens is 228 g/mol. The van der Waals surface area contributed by atoms with E-state index >= 15 is 0 Å². The predicted octanol–water partition coefficient (Wildman–Crippen LogP) is 2.48. The van der Waals surface area contributed by atoms with Gasteiger partial charge in [-0.25, -0.2) is 4.79 Å². The Kier molecular flexibility index (Phi) is 5.96. The molecule has 0 aromatic rings. The van der Waals surface area contributed by atoms with Gasteiger partial charge in [0, 0.05) is 24.8 Å². The van der Waals surface area contributed by atoms with Crippen molar-refractivity contribution in [3.05, 3.63) is 11.1 Å². The number of amides is 2. The minimum atomic E-state index is -0.360. The van der Waals surface area contributed by atoms with Crippen molar-refractivity contribution in [2.24, 2.45) is 10.9 Å². The van der Waals surface area contributed by atoms with E-state index in [1.807, 2.05) is 0 Å². The summed E-state index contributed by atoms with van der Waals surface area (Å²) in [5.41, 5.74) is 0.483. The quantitative estimate of drug-likeness (QED) is 0.716. The van der Waals surface area contributed by atoms with Crippen molar-refractivity contribution >= 4 is 29.1 Å². The highest BCUT2D eigenvalue weighted by Crippen LogP contribution is 2.16. The van der Waals surface area contributed by atoms with E-state index in [1.165, 1.54) is 17.9 Å². The molecule has 0 heterocycles. The topological polar surface area (TPSA) is 49.7 Å². The van der Waals surface area contributed by atoms with Gasteiger partial charge in [0.1, 0.15) is 5.78 Å². The first-order valence-electron chi connectivity index (χ1n) is 4.89. The molecule has 5 heteroatoms. The molecule has 2 amide bonds. The second-order valence-corrected chi connectivity index (χ2v) is 4.23. The van der Waals surface area contributed by atoms with Gasteiger partial charge >= 0.3 is 6.03 Å². The van der Waals surface area contributed by atoms with Gasteiger partial charge in [0.05, 0.1) is 5.92 Å². The summed E-state index contributed by atoms with van der Waals surface area (Å²) in [5.74, 6) is -0.380. The van der Waals surface area contributed by atoms with Crippen molar-refractivity contribution < 1.29 is 9.59 Å². The van der Waals surface area contributed by atoms with Gasteiger partial charge in [-0.2, -0.15) is 4.99 Å². The number of halogens is 1. The molecule has 0 rings (SSSR count). The average molecular weight is 245 g/mol. The van der Waals surface area contributed by atoms with Crippen molar-refractivity contribution in [3.8, 4) is 0 Å². The van der Waals surface area contributed by atoms with Crippen molar-refractivity contribution in [2.45, 2.75) is 20.8 Å². The lowest BCUT2D eigenvalue weighted by atomic mass is 10.1. The summed E-state index contributed by atoms with van der Waals surface area (Å²) < 4.78 is 0. The number of carbonyl (C=O) groups is 2. The van der Waals surface area contributed by atoms with E-state index < -0.39 is 0 Å². The second-order valence-electron chi connectivity index (χ2n) is 3.79. The van der Waals surface area contributed by atoms with E-state index in [4.69, 9.17) is 11.6 Å². The first kappa shape index (κ1) is 14.8. The van der Waals surface area contributed by atoms with Gasteiger partial charge in [0.2, 0.25) is 0 Å². The van der Waals surface area contributed by atoms with Crippen LogP contribution in [-0.2, 0) is 4.79 Å². The van der Waals surface area contributed by atoms with Crippen LogP contribution >= 0.6 is 11.6 Å². The highest BCUT2D eigenvalue weighted by molar-refractivity contribution is 6.33. The monoisotopic (exact) mass is 244 g/mol. The van der Waals surface area contributed by atoms with E-state index in [-0.39, 0.29) is 17.7 Å². The third-order valence-corrected chi connectivity index (χ3v) is 2.46. The molecule has 1 atom stereocenters. The van der Waals surface area contributed by atoms with Gasteiger partial charge < -0.3 is 4.90 Å². The van der Waals surface area contributed by atoms with E-state index in [2.05, 4.69) is 4.99 Å². The first-order chi connectivity index (χ1) is 7.25. The molecule has 0 saturated carbocycles. The summed E-state index contributed by atoms with van der Waals surface area (Å²) in [6, 6.07) is -0.353. The number of aliphatic imine (C=N–C) groups is 1. The Morgan fingerprint density at radius 1 is 1.31 bits per heavy atom. The SMILES string of the molecule is CC(=O)C(C)C(Cl)=CC(C)=NC(=O)N(C)C. The fourth-order valence-corrected chi connectivity index (χ4v) is 1.11. The zero-order valence-electron chi connectivity index (χ0n) is 10.2. The van der Waals surface area contributed by atoms with Crippen LogP contribution in [0.4, 0.5) is 4.79 Å². The molecule has 16 heavy (non-hydrogen) atoms. The molecule has 0 aliphatic heterocycles. The van der Waals surface area contributed by atoms with Crippen molar-refractivity contribution in [3.63, 3.8) is 0 Å². The van der Waals surface area contributed by atoms with Crippen molar-refractivity contribution in [1.82, 2.24) is 4.90 Å². The molecule has 0 bridgehead atoms. The Hall–Kier alpha value is -1.16. The zero-order valence-corrected chi connectivity index (χ0v) is 11.0. The summed E-state index contributed by atoms with van der Waals surface area (Å²) in [5, 5.41) is 0.389. The summed E-state index contributed by atoms with van der Waals surface area (Å²) in [6.07, 6.45) is 1.54. The Bertz CT molecular complexity index is 346. The molecule has 0 saturated heterocycles. The number of rotatable bonds is 3. The van der Waals surface area contributed by atoms with Crippen LogP contribution in [-0.4, -0.2) is 36.5 Å². The van der Waals surface area contributed by atoms with Gasteiger partial charge in [-0.1, -0.05) is 18.5 Å². The number of carbonyl (C=O) groups excluding carboxylic acids is 2. The Labute approximate surface area is 101 Å². The van der Waals surface area contributed by atoms with Crippen molar-refractivity contribution in [2.75, 3.05) is 14.1 Å². The van der Waals surface area contributed by atoms with E-state index in [1.54, 1.807) is 27.9 Å². The lowest BCUT2D eigenvalue weighted by Crippen LogP contribution is -2.18. The van der Waals surface area contributed by atoms with Gasteiger partial charge in [0.25, 0.3) is 0 Å². The molecule has 0 aliphatic carbocycles. The minimum absolute atomic E-state index is 0.0204. The molecule has 90 valence electrons. The van der Waals surface area contributed by atoms with Crippen LogP contribution in [0.1, 0.15) is 20.8 Å². The van der Waals surface area contributed by atoms with Gasteiger partial charge in [-0.05, 0) is 19.9 Å². The first-order valence-corrected chi connectivity index (χ1v) is 5.27. The molecule has 0 aromatic carbocycles. The fraction of sp³-hybridized carbons (Fsp3) is 0.545. The normalized spacial score (nSPS) is 14.6. The Morgan fingerprint density at radius 2 is 1.81 bits per heavy atom. The molecule has 0 radical (unpaired) electrons. The fourth-order valence-electron chi connectivity index (χ4n) is 0.802. The summed E-state index contributed by atoms with van der Waals surface area (Å²) in [6.45, 7) is 4.84. The number of Topliss-reactive ketones (excluding diaryl/α,β-unsaturated/α-hetero) is 1. The number of urea groups is 1. The number of hydrogen-bond donors (Lipinski definition) is 0. The van der Waals surface area contributed by atoms with E-state index in [0.29, 0.717) is 10.7 Å². The standard InChI is InChI=1S/C11H17ClN2O2/c1-7(13-11(16)14(4)5)6-10(12)8(2)9(3)15/h6,8H,1-5H3. The molecule has 0 spiro atoms. The maximum atomic E-state index is 11.2. The average Bonchev–Trinajstić information content (AvgIpc) is 2.15. The lowest BCUT2D eigenvalue weighted by Gasteiger charge is -2.07.